The molecule has 146 valence electrons. The van der Waals surface area contributed by atoms with Gasteiger partial charge in [0, 0.05) is 21.4 Å². The van der Waals surface area contributed by atoms with Crippen molar-refractivity contribution >= 4 is 57.3 Å². The number of hydrogen-bond acceptors (Lipinski definition) is 6. The first kappa shape index (κ1) is 20.9. The van der Waals surface area contributed by atoms with Crippen LogP contribution in [0.15, 0.2) is 46.8 Å². The first-order chi connectivity index (χ1) is 13.5. The van der Waals surface area contributed by atoms with Crippen LogP contribution in [-0.2, 0) is 5.75 Å². The van der Waals surface area contributed by atoms with Gasteiger partial charge in [-0.2, -0.15) is 0 Å². The molecule has 1 heterocycles. The largest absolute Gasteiger partial charge is 0.494 e. The van der Waals surface area contributed by atoms with E-state index in [1.807, 2.05) is 13.0 Å². The van der Waals surface area contributed by atoms with Gasteiger partial charge in [0.2, 0.25) is 5.13 Å². The molecule has 0 spiro atoms. The van der Waals surface area contributed by atoms with Crippen molar-refractivity contribution in [3.63, 3.8) is 0 Å². The van der Waals surface area contributed by atoms with Crippen LogP contribution in [0.4, 0.5) is 5.13 Å². The fourth-order valence-electron chi connectivity index (χ4n) is 2.19. The smallest absolute Gasteiger partial charge is 0.257 e. The van der Waals surface area contributed by atoms with E-state index in [0.29, 0.717) is 33.1 Å². The van der Waals surface area contributed by atoms with Gasteiger partial charge in [-0.25, -0.2) is 0 Å². The minimum Gasteiger partial charge on any atom is -0.494 e. The average Bonchev–Trinajstić information content (AvgIpc) is 3.13. The normalized spacial score (nSPS) is 10.7. The van der Waals surface area contributed by atoms with E-state index >= 15 is 0 Å². The van der Waals surface area contributed by atoms with E-state index in [-0.39, 0.29) is 5.91 Å². The molecule has 0 aliphatic carbocycles. The first-order valence-corrected chi connectivity index (χ1v) is 11.1. The number of rotatable bonds is 8. The van der Waals surface area contributed by atoms with Gasteiger partial charge in [0.15, 0.2) is 4.34 Å². The van der Waals surface area contributed by atoms with Gasteiger partial charge in [-0.05, 0) is 48.4 Å². The number of thioether (sulfide) groups is 1. The number of carbonyl (C=O) groups is 1. The van der Waals surface area contributed by atoms with Crippen LogP contribution in [0.25, 0.3) is 0 Å². The van der Waals surface area contributed by atoms with Crippen LogP contribution in [0.5, 0.6) is 5.75 Å². The third-order valence-electron chi connectivity index (χ3n) is 3.58. The summed E-state index contributed by atoms with van der Waals surface area (Å²) < 4.78 is 6.26. The van der Waals surface area contributed by atoms with Crippen LogP contribution in [0.3, 0.4) is 0 Å². The van der Waals surface area contributed by atoms with Crippen LogP contribution in [0.2, 0.25) is 10.0 Å². The van der Waals surface area contributed by atoms with Crippen molar-refractivity contribution < 1.29 is 9.53 Å². The Morgan fingerprint density at radius 1 is 1.18 bits per heavy atom. The third kappa shape index (κ3) is 5.85. The zero-order valence-corrected chi connectivity index (χ0v) is 18.1. The van der Waals surface area contributed by atoms with Crippen molar-refractivity contribution in [1.29, 1.82) is 0 Å². The summed E-state index contributed by atoms with van der Waals surface area (Å²) in [6.07, 6.45) is 0.934. The first-order valence-electron chi connectivity index (χ1n) is 8.49. The van der Waals surface area contributed by atoms with Crippen molar-refractivity contribution in [3.05, 3.63) is 63.6 Å². The lowest BCUT2D eigenvalue weighted by molar-refractivity contribution is 0.102. The Morgan fingerprint density at radius 3 is 2.68 bits per heavy atom. The predicted octanol–water partition coefficient (Wildman–Crippen LogP) is 6.18. The Kier molecular flexibility index (Phi) is 7.56. The van der Waals surface area contributed by atoms with Gasteiger partial charge in [0.05, 0.1) is 6.61 Å². The van der Waals surface area contributed by atoms with Crippen molar-refractivity contribution in [2.24, 2.45) is 0 Å². The van der Waals surface area contributed by atoms with Gasteiger partial charge in [0.25, 0.3) is 5.91 Å². The summed E-state index contributed by atoms with van der Waals surface area (Å²) in [5.74, 6) is 1.14. The second-order valence-corrected chi connectivity index (χ2v) is 8.77. The Morgan fingerprint density at radius 2 is 1.96 bits per heavy atom. The molecule has 0 saturated heterocycles. The lowest BCUT2D eigenvalue weighted by Gasteiger charge is -2.05. The number of benzene rings is 2. The summed E-state index contributed by atoms with van der Waals surface area (Å²) in [7, 11) is 0. The topological polar surface area (TPSA) is 64.1 Å². The monoisotopic (exact) mass is 453 g/mol. The van der Waals surface area contributed by atoms with Crippen LogP contribution in [-0.4, -0.2) is 22.7 Å². The maximum atomic E-state index is 12.4. The molecule has 3 rings (SSSR count). The number of hydrogen-bond donors (Lipinski definition) is 1. The number of anilines is 1. The van der Waals surface area contributed by atoms with E-state index in [9.17, 15) is 4.79 Å². The molecular weight excluding hydrogens is 437 g/mol. The summed E-state index contributed by atoms with van der Waals surface area (Å²) in [4.78, 5) is 12.4. The van der Waals surface area contributed by atoms with E-state index in [0.717, 1.165) is 22.1 Å². The van der Waals surface area contributed by atoms with Crippen molar-refractivity contribution in [2.75, 3.05) is 11.9 Å². The molecule has 1 aromatic heterocycles. The summed E-state index contributed by atoms with van der Waals surface area (Å²) in [6.45, 7) is 2.69. The fourth-order valence-corrected chi connectivity index (χ4v) is 4.49. The number of carbonyl (C=O) groups excluding carboxylic acids is 1. The number of nitrogens with zero attached hydrogens (tertiary/aromatic N) is 2. The van der Waals surface area contributed by atoms with Gasteiger partial charge in [-0.1, -0.05) is 59.3 Å². The fraction of sp³-hybridized carbons (Fsp3) is 0.211. The van der Waals surface area contributed by atoms with Gasteiger partial charge < -0.3 is 4.74 Å². The van der Waals surface area contributed by atoms with Crippen molar-refractivity contribution in [1.82, 2.24) is 10.2 Å². The molecule has 3 aromatic rings. The van der Waals surface area contributed by atoms with Crippen molar-refractivity contribution in [2.45, 2.75) is 23.4 Å². The van der Waals surface area contributed by atoms with E-state index in [2.05, 4.69) is 15.5 Å². The standard InChI is InChI=1S/C19H17Cl2N3O2S2/c1-2-9-26-15-7-4-12(5-8-15)17(25)22-18-23-24-19(28-18)27-11-13-3-6-14(20)10-16(13)21/h3-8,10H,2,9,11H2,1H3,(H,22,23,25). The summed E-state index contributed by atoms with van der Waals surface area (Å²) in [5, 5.41) is 12.6. The number of halogens is 2. The van der Waals surface area contributed by atoms with E-state index < -0.39 is 0 Å². The number of amides is 1. The highest BCUT2D eigenvalue weighted by Crippen LogP contribution is 2.31. The Balaban J connectivity index is 1.55. The predicted molar refractivity (Wildman–Crippen MR) is 116 cm³/mol. The van der Waals surface area contributed by atoms with E-state index in [1.54, 1.807) is 36.4 Å². The lowest BCUT2D eigenvalue weighted by atomic mass is 10.2. The van der Waals surface area contributed by atoms with Crippen molar-refractivity contribution in [3.8, 4) is 5.75 Å². The Bertz CT molecular complexity index is 949. The quantitative estimate of drug-likeness (QED) is 0.325. The molecule has 1 N–H and O–H groups in total. The SMILES string of the molecule is CCCOc1ccc(C(=O)Nc2nnc(SCc3ccc(Cl)cc3Cl)s2)cc1. The van der Waals surface area contributed by atoms with E-state index in [4.69, 9.17) is 27.9 Å². The Labute approximate surface area is 181 Å². The van der Waals surface area contributed by atoms with Gasteiger partial charge in [-0.3, -0.25) is 10.1 Å². The minimum absolute atomic E-state index is 0.240. The molecule has 5 nitrogen and oxygen atoms in total. The molecule has 0 bridgehead atoms. The van der Waals surface area contributed by atoms with Gasteiger partial charge in [0.1, 0.15) is 5.75 Å². The molecule has 0 aliphatic rings. The van der Waals surface area contributed by atoms with E-state index in [1.165, 1.54) is 23.1 Å². The molecule has 0 radical (unpaired) electrons. The zero-order chi connectivity index (χ0) is 19.9. The molecular formula is C19H17Cl2N3O2S2. The highest BCUT2D eigenvalue weighted by atomic mass is 35.5. The lowest BCUT2D eigenvalue weighted by Crippen LogP contribution is -2.11. The molecule has 2 aromatic carbocycles. The maximum absolute atomic E-state index is 12.4. The summed E-state index contributed by atoms with van der Waals surface area (Å²) in [5.41, 5.74) is 1.49. The van der Waals surface area contributed by atoms with Crippen LogP contribution in [0, 0.1) is 0 Å². The number of nitrogens with one attached hydrogen (secondary N) is 1. The maximum Gasteiger partial charge on any atom is 0.257 e. The second-order valence-electron chi connectivity index (χ2n) is 5.72. The highest BCUT2D eigenvalue weighted by Gasteiger charge is 2.12. The summed E-state index contributed by atoms with van der Waals surface area (Å²) in [6, 6.07) is 12.4. The molecule has 0 atom stereocenters. The molecule has 0 unspecified atom stereocenters. The zero-order valence-electron chi connectivity index (χ0n) is 14.9. The molecule has 28 heavy (non-hydrogen) atoms. The molecule has 9 heteroatoms. The molecule has 0 saturated carbocycles. The van der Waals surface area contributed by atoms with Gasteiger partial charge >= 0.3 is 0 Å². The van der Waals surface area contributed by atoms with Gasteiger partial charge in [-0.15, -0.1) is 10.2 Å². The molecule has 0 fully saturated rings. The van der Waals surface area contributed by atoms with Crippen LogP contribution >= 0.6 is 46.3 Å². The second kappa shape index (κ2) is 10.1. The molecule has 0 aliphatic heterocycles. The Hall–Kier alpha value is -1.80. The number of aromatic nitrogens is 2. The van der Waals surface area contributed by atoms with Crippen LogP contribution < -0.4 is 10.1 Å². The molecule has 1 amide bonds. The highest BCUT2D eigenvalue weighted by molar-refractivity contribution is 8.00. The van der Waals surface area contributed by atoms with Crippen LogP contribution in [0.1, 0.15) is 29.3 Å². The summed E-state index contributed by atoms with van der Waals surface area (Å²) >= 11 is 14.9. The number of ether oxygens (including phenoxy) is 1. The average molecular weight is 454 g/mol. The third-order valence-corrected chi connectivity index (χ3v) is 6.19. The minimum atomic E-state index is -0.240.